The van der Waals surface area contributed by atoms with Gasteiger partial charge in [-0.15, -0.1) is 0 Å². The van der Waals surface area contributed by atoms with Crippen LogP contribution in [0.15, 0.2) is 48.6 Å². The zero-order chi connectivity index (χ0) is 34.5. The molecular weight excluding hydrogens is 582 g/mol. The molecule has 0 fully saturated rings. The zero-order valence-electron chi connectivity index (χ0n) is 31.4. The lowest BCUT2D eigenvalue weighted by Crippen LogP contribution is -2.29. The van der Waals surface area contributed by atoms with Crippen LogP contribution in [0.5, 0.6) is 0 Å². The Kier molecular flexibility index (Phi) is 35.0. The average molecular weight is 658 g/mol. The highest BCUT2D eigenvalue weighted by molar-refractivity contribution is 5.70. The number of allylic oxidation sites excluding steroid dienone is 8. The molecule has 0 aromatic carbocycles. The van der Waals surface area contributed by atoms with E-state index in [1.165, 1.54) is 77.0 Å². The van der Waals surface area contributed by atoms with Crippen LogP contribution in [0, 0.1) is 0 Å². The predicted octanol–water partition coefficient (Wildman–Crippen LogP) is 12.0. The molecule has 0 aromatic rings. The number of ether oxygens (including phenoxy) is 2. The first-order chi connectivity index (χ1) is 23.0. The summed E-state index contributed by atoms with van der Waals surface area (Å²) < 4.78 is 11.2. The number of esters is 2. The second-order valence-electron chi connectivity index (χ2n) is 13.3. The van der Waals surface area contributed by atoms with Crippen LogP contribution in [0.4, 0.5) is 0 Å². The summed E-state index contributed by atoms with van der Waals surface area (Å²) in [6.45, 7) is 5.42. The highest BCUT2D eigenvalue weighted by Gasteiger charge is 2.17. The molecule has 0 aliphatic carbocycles. The molecule has 0 N–H and O–H groups in total. The van der Waals surface area contributed by atoms with Gasteiger partial charge in [0.25, 0.3) is 0 Å². The molecule has 0 saturated carbocycles. The summed E-state index contributed by atoms with van der Waals surface area (Å²) in [5, 5.41) is 0. The van der Waals surface area contributed by atoms with Gasteiger partial charge in [-0.05, 0) is 117 Å². The van der Waals surface area contributed by atoms with Crippen molar-refractivity contribution in [2.75, 3.05) is 27.2 Å². The van der Waals surface area contributed by atoms with E-state index < -0.39 is 6.10 Å². The van der Waals surface area contributed by atoms with E-state index in [0.29, 0.717) is 19.3 Å². The van der Waals surface area contributed by atoms with E-state index >= 15 is 0 Å². The van der Waals surface area contributed by atoms with E-state index in [0.717, 1.165) is 70.8 Å². The Bertz CT molecular complexity index is 813. The lowest BCUT2D eigenvalue weighted by molar-refractivity contribution is -0.159. The van der Waals surface area contributed by atoms with Crippen molar-refractivity contribution in [3.63, 3.8) is 0 Å². The molecule has 47 heavy (non-hydrogen) atoms. The predicted molar refractivity (Wildman–Crippen MR) is 203 cm³/mol. The maximum Gasteiger partial charge on any atom is 0.306 e. The smallest absolute Gasteiger partial charge is 0.306 e. The third-order valence-corrected chi connectivity index (χ3v) is 8.23. The number of hydrogen-bond acceptors (Lipinski definition) is 5. The first-order valence-electron chi connectivity index (χ1n) is 19.6. The van der Waals surface area contributed by atoms with Crippen LogP contribution in [0.25, 0.3) is 0 Å². The van der Waals surface area contributed by atoms with Crippen molar-refractivity contribution in [2.24, 2.45) is 0 Å². The molecule has 0 aromatic heterocycles. The number of carbonyl (C=O) groups is 2. The summed E-state index contributed by atoms with van der Waals surface area (Å²) >= 11 is 0. The number of carbonyl (C=O) groups excluding carboxylic acids is 2. The molecule has 0 unspecified atom stereocenters. The molecule has 0 aliphatic heterocycles. The Morgan fingerprint density at radius 3 is 1.30 bits per heavy atom. The number of nitrogens with zero attached hydrogens (tertiary/aromatic N) is 1. The van der Waals surface area contributed by atoms with Gasteiger partial charge in [0.1, 0.15) is 12.7 Å². The lowest BCUT2D eigenvalue weighted by atomic mass is 10.1. The van der Waals surface area contributed by atoms with Gasteiger partial charge < -0.3 is 14.4 Å². The van der Waals surface area contributed by atoms with Crippen LogP contribution in [-0.4, -0.2) is 50.2 Å². The van der Waals surface area contributed by atoms with Crippen LogP contribution >= 0.6 is 0 Å². The summed E-state index contributed by atoms with van der Waals surface area (Å²) in [4.78, 5) is 26.9. The van der Waals surface area contributed by atoms with E-state index in [4.69, 9.17) is 9.47 Å². The second kappa shape index (κ2) is 36.7. The zero-order valence-corrected chi connectivity index (χ0v) is 31.4. The standard InChI is InChI=1S/C42H75NO4/c1-5-7-9-11-13-15-17-19-21-23-25-27-29-31-33-35-41(44)46-39-40(37-38-43(3)4)47-42(45)36-34-32-30-28-26-24-22-20-18-16-14-12-10-8-6-2/h15-18,25-28,40H,5-14,19-24,29-39H2,1-4H3/b17-15-,18-16-,27-25-,28-26-/t40-/m0/s1. The van der Waals surface area contributed by atoms with Crippen LogP contribution in [0.3, 0.4) is 0 Å². The van der Waals surface area contributed by atoms with Gasteiger partial charge >= 0.3 is 11.9 Å². The van der Waals surface area contributed by atoms with E-state index in [9.17, 15) is 9.59 Å². The van der Waals surface area contributed by atoms with Crippen LogP contribution in [-0.2, 0) is 19.1 Å². The topological polar surface area (TPSA) is 55.8 Å². The monoisotopic (exact) mass is 658 g/mol. The minimum Gasteiger partial charge on any atom is -0.462 e. The van der Waals surface area contributed by atoms with Gasteiger partial charge in [0.15, 0.2) is 0 Å². The first kappa shape index (κ1) is 44.9. The lowest BCUT2D eigenvalue weighted by Gasteiger charge is -2.20. The normalized spacial score (nSPS) is 12.8. The number of rotatable bonds is 34. The van der Waals surface area contributed by atoms with Crippen molar-refractivity contribution in [3.8, 4) is 0 Å². The minimum absolute atomic E-state index is 0.141. The molecule has 0 rings (SSSR count). The van der Waals surface area contributed by atoms with Gasteiger partial charge in [0.05, 0.1) is 0 Å². The van der Waals surface area contributed by atoms with Crippen molar-refractivity contribution in [1.29, 1.82) is 0 Å². The maximum absolute atomic E-state index is 12.5. The van der Waals surface area contributed by atoms with Crippen molar-refractivity contribution in [2.45, 2.75) is 180 Å². The van der Waals surface area contributed by atoms with E-state index in [-0.39, 0.29) is 18.5 Å². The average Bonchev–Trinajstić information content (AvgIpc) is 3.05. The van der Waals surface area contributed by atoms with Crippen molar-refractivity contribution >= 4 is 11.9 Å². The molecule has 5 heteroatoms. The quantitative estimate of drug-likeness (QED) is 0.0391. The molecule has 0 spiro atoms. The van der Waals surface area contributed by atoms with Gasteiger partial charge in [0, 0.05) is 25.8 Å². The summed E-state index contributed by atoms with van der Waals surface area (Å²) in [5.74, 6) is -0.396. The van der Waals surface area contributed by atoms with Crippen LogP contribution in [0.2, 0.25) is 0 Å². The third-order valence-electron chi connectivity index (χ3n) is 8.23. The maximum atomic E-state index is 12.5. The molecule has 5 nitrogen and oxygen atoms in total. The summed E-state index contributed by atoms with van der Waals surface area (Å²) in [6, 6.07) is 0. The fraction of sp³-hybridized carbons (Fsp3) is 0.762. The molecule has 0 aliphatic rings. The Balaban J connectivity index is 3.96. The largest absolute Gasteiger partial charge is 0.462 e. The molecule has 0 radical (unpaired) electrons. The van der Waals surface area contributed by atoms with Gasteiger partial charge in [-0.3, -0.25) is 9.59 Å². The SMILES string of the molecule is CCCCCC/C=C\CCC/C=C\CCCCC(=O)OC[C@H](CCN(C)C)OC(=O)CCCC/C=C\CCC/C=C\CCCCCC. The number of unbranched alkanes of at least 4 members (excludes halogenated alkanes) is 16. The molecule has 0 amide bonds. The highest BCUT2D eigenvalue weighted by atomic mass is 16.6. The highest BCUT2D eigenvalue weighted by Crippen LogP contribution is 2.11. The van der Waals surface area contributed by atoms with E-state index in [1.807, 2.05) is 14.1 Å². The van der Waals surface area contributed by atoms with Crippen molar-refractivity contribution < 1.29 is 19.1 Å². The molecule has 0 bridgehead atoms. The first-order valence-corrected chi connectivity index (χ1v) is 19.6. The van der Waals surface area contributed by atoms with E-state index in [1.54, 1.807) is 0 Å². The summed E-state index contributed by atoms with van der Waals surface area (Å²) in [6.07, 6.45) is 45.0. The van der Waals surface area contributed by atoms with Crippen molar-refractivity contribution in [3.05, 3.63) is 48.6 Å². The molecular formula is C42H75NO4. The molecule has 1 atom stereocenters. The summed E-state index contributed by atoms with van der Waals surface area (Å²) in [7, 11) is 3.99. The van der Waals surface area contributed by atoms with Gasteiger partial charge in [-0.25, -0.2) is 0 Å². The van der Waals surface area contributed by atoms with Crippen LogP contribution < -0.4 is 0 Å². The summed E-state index contributed by atoms with van der Waals surface area (Å²) in [5.41, 5.74) is 0. The Hall–Kier alpha value is -2.14. The van der Waals surface area contributed by atoms with Crippen LogP contribution in [0.1, 0.15) is 174 Å². The van der Waals surface area contributed by atoms with E-state index in [2.05, 4.69) is 67.4 Å². The Labute approximate surface area is 291 Å². The van der Waals surface area contributed by atoms with Gasteiger partial charge in [-0.1, -0.05) is 101 Å². The van der Waals surface area contributed by atoms with Crippen molar-refractivity contribution in [1.82, 2.24) is 4.90 Å². The fourth-order valence-corrected chi connectivity index (χ4v) is 5.17. The fourth-order valence-electron chi connectivity index (χ4n) is 5.17. The second-order valence-corrected chi connectivity index (χ2v) is 13.3. The third kappa shape index (κ3) is 36.5. The minimum atomic E-state index is -0.391. The Morgan fingerprint density at radius 1 is 0.511 bits per heavy atom. The Morgan fingerprint density at radius 2 is 0.894 bits per heavy atom. The number of hydrogen-bond donors (Lipinski definition) is 0. The van der Waals surface area contributed by atoms with Gasteiger partial charge in [0.2, 0.25) is 0 Å². The molecule has 0 heterocycles. The molecule has 0 saturated heterocycles. The molecule has 272 valence electrons. The van der Waals surface area contributed by atoms with Gasteiger partial charge in [-0.2, -0.15) is 0 Å².